The zero-order valence-electron chi connectivity index (χ0n) is 14.4. The fraction of sp³-hybridized carbons (Fsp3) is 0.778. The van der Waals surface area contributed by atoms with Gasteiger partial charge in [0.1, 0.15) is 11.5 Å². The number of aliphatic hydroxyl groups is 1. The van der Waals surface area contributed by atoms with Crippen LogP contribution in [0.25, 0.3) is 0 Å². The van der Waals surface area contributed by atoms with Crippen molar-refractivity contribution in [3.63, 3.8) is 0 Å². The summed E-state index contributed by atoms with van der Waals surface area (Å²) in [5, 5.41) is 10.6. The van der Waals surface area contributed by atoms with Gasteiger partial charge in [0.05, 0.1) is 12.1 Å². The highest BCUT2D eigenvalue weighted by Crippen LogP contribution is 2.30. The molecule has 0 saturated carbocycles. The molecule has 2 atom stereocenters. The number of furan rings is 1. The number of aliphatic hydroxyl groups excluding tert-OH is 1. The zero-order chi connectivity index (χ0) is 16.2. The number of rotatable bonds is 5. The van der Waals surface area contributed by atoms with Crippen LogP contribution in [0, 0.1) is 12.8 Å². The van der Waals surface area contributed by atoms with E-state index in [1.807, 2.05) is 24.8 Å². The summed E-state index contributed by atoms with van der Waals surface area (Å²) in [6.07, 6.45) is 2.26. The third kappa shape index (κ3) is 4.75. The highest BCUT2D eigenvalue weighted by atomic mass is 32.2. The van der Waals surface area contributed by atoms with E-state index in [2.05, 4.69) is 22.8 Å². The van der Waals surface area contributed by atoms with Gasteiger partial charge in [0, 0.05) is 31.1 Å². The zero-order valence-corrected chi connectivity index (χ0v) is 15.2. The van der Waals surface area contributed by atoms with Gasteiger partial charge >= 0.3 is 0 Å². The Bertz CT molecular complexity index is 485. The maximum Gasteiger partial charge on any atom is 0.122 e. The first-order valence-corrected chi connectivity index (χ1v) is 10.1. The molecule has 3 rings (SSSR count). The Labute approximate surface area is 144 Å². The third-order valence-electron chi connectivity index (χ3n) is 5.12. The largest absolute Gasteiger partial charge is 0.465 e. The van der Waals surface area contributed by atoms with Crippen molar-refractivity contribution in [2.45, 2.75) is 38.8 Å². The van der Waals surface area contributed by atoms with E-state index >= 15 is 0 Å². The maximum absolute atomic E-state index is 10.6. The Morgan fingerprint density at radius 1 is 1.26 bits per heavy atom. The van der Waals surface area contributed by atoms with Crippen molar-refractivity contribution >= 4 is 11.8 Å². The Morgan fingerprint density at radius 3 is 2.74 bits per heavy atom. The molecule has 2 saturated heterocycles. The van der Waals surface area contributed by atoms with E-state index in [9.17, 15) is 5.11 Å². The van der Waals surface area contributed by atoms with Crippen molar-refractivity contribution in [3.05, 3.63) is 23.7 Å². The molecule has 0 radical (unpaired) electrons. The van der Waals surface area contributed by atoms with E-state index in [0.717, 1.165) is 61.7 Å². The van der Waals surface area contributed by atoms with E-state index in [-0.39, 0.29) is 6.10 Å². The molecule has 2 fully saturated rings. The van der Waals surface area contributed by atoms with Crippen molar-refractivity contribution < 1.29 is 9.52 Å². The van der Waals surface area contributed by atoms with Gasteiger partial charge in [0.2, 0.25) is 0 Å². The topological polar surface area (TPSA) is 39.9 Å². The standard InChI is InChI=1S/C18H30N2O2S/c1-14-5-7-19(8-6-14)11-16(21)12-20-9-10-23-13-17(20)18-4-3-15(2)22-18/h3-4,14,16-17,21H,5-13H2,1-2H3. The molecule has 1 aromatic heterocycles. The lowest BCUT2D eigenvalue weighted by molar-refractivity contribution is 0.0484. The summed E-state index contributed by atoms with van der Waals surface area (Å²) < 4.78 is 5.85. The van der Waals surface area contributed by atoms with Crippen LogP contribution in [0.2, 0.25) is 0 Å². The first-order chi connectivity index (χ1) is 11.1. The molecule has 0 aliphatic carbocycles. The van der Waals surface area contributed by atoms with Crippen LogP contribution >= 0.6 is 11.8 Å². The highest BCUT2D eigenvalue weighted by molar-refractivity contribution is 7.99. The van der Waals surface area contributed by atoms with Gasteiger partial charge in [-0.2, -0.15) is 11.8 Å². The molecule has 2 aliphatic heterocycles. The molecule has 0 aromatic carbocycles. The summed E-state index contributed by atoms with van der Waals surface area (Å²) in [7, 11) is 0. The van der Waals surface area contributed by atoms with Crippen LogP contribution < -0.4 is 0 Å². The Hall–Kier alpha value is -0.490. The predicted octanol–water partition coefficient (Wildman–Crippen LogP) is 2.77. The van der Waals surface area contributed by atoms with Gasteiger partial charge in [0.15, 0.2) is 0 Å². The predicted molar refractivity (Wildman–Crippen MR) is 95.9 cm³/mol. The first-order valence-electron chi connectivity index (χ1n) is 8.90. The molecule has 1 N–H and O–H groups in total. The number of hydrogen-bond donors (Lipinski definition) is 1. The number of piperidine rings is 1. The average Bonchev–Trinajstić information content (AvgIpc) is 2.96. The molecule has 23 heavy (non-hydrogen) atoms. The van der Waals surface area contributed by atoms with Crippen LogP contribution in [-0.2, 0) is 0 Å². The number of hydrogen-bond acceptors (Lipinski definition) is 5. The molecule has 0 spiro atoms. The normalized spacial score (nSPS) is 26.5. The molecule has 0 bridgehead atoms. The minimum absolute atomic E-state index is 0.273. The molecular formula is C18H30N2O2S. The minimum Gasteiger partial charge on any atom is -0.465 e. The van der Waals surface area contributed by atoms with Crippen LogP contribution in [0.4, 0.5) is 0 Å². The van der Waals surface area contributed by atoms with Crippen molar-refractivity contribution in [2.75, 3.05) is 44.2 Å². The lowest BCUT2D eigenvalue weighted by atomic mass is 9.99. The summed E-state index contributed by atoms with van der Waals surface area (Å²) in [5.41, 5.74) is 0. The van der Waals surface area contributed by atoms with Gasteiger partial charge in [-0.3, -0.25) is 4.90 Å². The smallest absolute Gasteiger partial charge is 0.122 e. The van der Waals surface area contributed by atoms with Gasteiger partial charge < -0.3 is 14.4 Å². The van der Waals surface area contributed by atoms with E-state index < -0.39 is 0 Å². The van der Waals surface area contributed by atoms with E-state index in [4.69, 9.17) is 4.42 Å². The average molecular weight is 339 g/mol. The van der Waals surface area contributed by atoms with Crippen LogP contribution in [0.3, 0.4) is 0 Å². The molecular weight excluding hydrogens is 308 g/mol. The van der Waals surface area contributed by atoms with Gasteiger partial charge in [-0.25, -0.2) is 0 Å². The van der Waals surface area contributed by atoms with Gasteiger partial charge in [-0.05, 0) is 50.9 Å². The van der Waals surface area contributed by atoms with Crippen LogP contribution in [0.5, 0.6) is 0 Å². The van der Waals surface area contributed by atoms with Crippen molar-refractivity contribution in [1.29, 1.82) is 0 Å². The molecule has 4 nitrogen and oxygen atoms in total. The van der Waals surface area contributed by atoms with Gasteiger partial charge in [-0.1, -0.05) is 6.92 Å². The van der Waals surface area contributed by atoms with Crippen molar-refractivity contribution in [3.8, 4) is 0 Å². The molecule has 130 valence electrons. The van der Waals surface area contributed by atoms with Crippen molar-refractivity contribution in [2.24, 2.45) is 5.92 Å². The Morgan fingerprint density at radius 2 is 2.04 bits per heavy atom. The summed E-state index contributed by atoms with van der Waals surface area (Å²) in [4.78, 5) is 4.83. The number of nitrogens with zero attached hydrogens (tertiary/aromatic N) is 2. The third-order valence-corrected chi connectivity index (χ3v) is 6.14. The summed E-state index contributed by atoms with van der Waals surface area (Å²) >= 11 is 1.98. The van der Waals surface area contributed by atoms with Gasteiger partial charge in [-0.15, -0.1) is 0 Å². The molecule has 3 heterocycles. The minimum atomic E-state index is -0.273. The summed E-state index contributed by atoms with van der Waals surface area (Å²) in [6, 6.07) is 4.44. The second kappa shape index (κ2) is 8.06. The number of β-amino-alcohol motifs (C(OH)–C–C–N with tert-alkyl or cyclic N) is 1. The summed E-state index contributed by atoms with van der Waals surface area (Å²) in [5.74, 6) is 5.06. The summed E-state index contributed by atoms with van der Waals surface area (Å²) in [6.45, 7) is 9.18. The second-order valence-corrected chi connectivity index (χ2v) is 8.32. The number of thioether (sulfide) groups is 1. The van der Waals surface area contributed by atoms with Crippen LogP contribution in [0.1, 0.15) is 37.3 Å². The lowest BCUT2D eigenvalue weighted by Gasteiger charge is -2.37. The first kappa shape index (κ1) is 17.3. The molecule has 2 aliphatic rings. The SMILES string of the molecule is Cc1ccc(C2CSCCN2CC(O)CN2CCC(C)CC2)o1. The second-order valence-electron chi connectivity index (χ2n) is 7.17. The quantitative estimate of drug-likeness (QED) is 0.894. The monoisotopic (exact) mass is 338 g/mol. The van der Waals surface area contributed by atoms with Gasteiger partial charge in [0.25, 0.3) is 0 Å². The Balaban J connectivity index is 1.54. The Kier molecular flexibility index (Phi) is 6.07. The van der Waals surface area contributed by atoms with Crippen LogP contribution in [0.15, 0.2) is 16.5 Å². The number of aryl methyl sites for hydroxylation is 1. The van der Waals surface area contributed by atoms with E-state index in [0.29, 0.717) is 6.04 Å². The van der Waals surface area contributed by atoms with Crippen molar-refractivity contribution in [1.82, 2.24) is 9.80 Å². The highest BCUT2D eigenvalue weighted by Gasteiger charge is 2.29. The molecule has 0 amide bonds. The van der Waals surface area contributed by atoms with E-state index in [1.54, 1.807) is 0 Å². The fourth-order valence-corrected chi connectivity index (χ4v) is 4.75. The maximum atomic E-state index is 10.6. The van der Waals surface area contributed by atoms with Crippen LogP contribution in [-0.4, -0.2) is 65.2 Å². The molecule has 5 heteroatoms. The van der Waals surface area contributed by atoms with E-state index in [1.165, 1.54) is 12.8 Å². The molecule has 2 unspecified atom stereocenters. The lowest BCUT2D eigenvalue weighted by Crippen LogP contribution is -2.46. The fourth-order valence-electron chi connectivity index (χ4n) is 3.62. The number of likely N-dealkylation sites (tertiary alicyclic amines) is 1. The molecule has 1 aromatic rings.